The molecule has 0 bridgehead atoms. The summed E-state index contributed by atoms with van der Waals surface area (Å²) in [6, 6.07) is 11.0. The summed E-state index contributed by atoms with van der Waals surface area (Å²) in [6.07, 6.45) is 7.51. The van der Waals surface area contributed by atoms with Crippen molar-refractivity contribution in [3.63, 3.8) is 0 Å². The molecule has 1 aliphatic carbocycles. The molecule has 1 fully saturated rings. The van der Waals surface area contributed by atoms with E-state index in [4.69, 9.17) is 4.52 Å². The number of amides is 2. The number of nitrogens with zero attached hydrogens (tertiary/aromatic N) is 1. The van der Waals surface area contributed by atoms with Crippen LogP contribution in [0.15, 0.2) is 40.9 Å². The quantitative estimate of drug-likeness (QED) is 0.713. The highest BCUT2D eigenvalue weighted by atomic mass is 16.5. The lowest BCUT2D eigenvalue weighted by Crippen LogP contribution is -2.37. The topological polar surface area (TPSA) is 84.2 Å². The standard InChI is InChI=1S/C20H25N3O3/c24-19(21-12-6-9-15-7-4-5-8-15)14-22-20(25)17-13-18(26-23-17)16-10-2-1-3-11-16/h1-3,10-11,13,15H,4-9,12,14H2,(H,21,24)(H,22,25). The third-order valence-electron chi connectivity index (χ3n) is 4.80. The van der Waals surface area contributed by atoms with Gasteiger partial charge in [0.2, 0.25) is 5.91 Å². The molecule has 0 unspecified atom stereocenters. The highest BCUT2D eigenvalue weighted by Crippen LogP contribution is 2.28. The summed E-state index contributed by atoms with van der Waals surface area (Å²) < 4.78 is 5.20. The van der Waals surface area contributed by atoms with Gasteiger partial charge in [0.05, 0.1) is 6.54 Å². The number of hydrogen-bond donors (Lipinski definition) is 2. The molecular weight excluding hydrogens is 330 g/mol. The second-order valence-electron chi connectivity index (χ2n) is 6.77. The summed E-state index contributed by atoms with van der Waals surface area (Å²) >= 11 is 0. The number of hydrogen-bond acceptors (Lipinski definition) is 4. The van der Waals surface area contributed by atoms with Gasteiger partial charge < -0.3 is 15.2 Å². The van der Waals surface area contributed by atoms with E-state index in [2.05, 4.69) is 15.8 Å². The van der Waals surface area contributed by atoms with Gasteiger partial charge in [-0.25, -0.2) is 0 Å². The molecule has 0 saturated heterocycles. The normalized spacial score (nSPS) is 14.3. The van der Waals surface area contributed by atoms with E-state index in [1.807, 2.05) is 30.3 Å². The SMILES string of the molecule is O=C(CNC(=O)c1cc(-c2ccccc2)on1)NCCCC1CCCC1. The van der Waals surface area contributed by atoms with E-state index in [0.29, 0.717) is 12.3 Å². The first kappa shape index (κ1) is 18.2. The molecule has 1 saturated carbocycles. The molecule has 6 heteroatoms. The molecule has 0 radical (unpaired) electrons. The molecule has 26 heavy (non-hydrogen) atoms. The Hall–Kier alpha value is -2.63. The molecule has 1 aliphatic rings. The number of rotatable bonds is 8. The second-order valence-corrected chi connectivity index (χ2v) is 6.77. The molecule has 138 valence electrons. The molecular formula is C20H25N3O3. The number of carbonyl (C=O) groups excluding carboxylic acids is 2. The first-order valence-corrected chi connectivity index (χ1v) is 9.29. The number of nitrogens with one attached hydrogen (secondary N) is 2. The summed E-state index contributed by atoms with van der Waals surface area (Å²) in [5.74, 6) is 0.748. The second kappa shape index (κ2) is 9.17. The summed E-state index contributed by atoms with van der Waals surface area (Å²) in [5, 5.41) is 9.19. The predicted molar refractivity (Wildman–Crippen MR) is 98.5 cm³/mol. The van der Waals surface area contributed by atoms with Crippen molar-refractivity contribution in [3.8, 4) is 11.3 Å². The van der Waals surface area contributed by atoms with Gasteiger partial charge in [-0.3, -0.25) is 9.59 Å². The highest BCUT2D eigenvalue weighted by Gasteiger charge is 2.15. The Labute approximate surface area is 153 Å². The smallest absolute Gasteiger partial charge is 0.273 e. The largest absolute Gasteiger partial charge is 0.355 e. The van der Waals surface area contributed by atoms with Crippen LogP contribution in [0, 0.1) is 5.92 Å². The number of carbonyl (C=O) groups is 2. The Morgan fingerprint density at radius 2 is 1.88 bits per heavy atom. The Bertz CT molecular complexity index is 721. The van der Waals surface area contributed by atoms with E-state index in [1.165, 1.54) is 32.1 Å². The van der Waals surface area contributed by atoms with Crippen LogP contribution in [0.25, 0.3) is 11.3 Å². The van der Waals surface area contributed by atoms with Crippen LogP contribution >= 0.6 is 0 Å². The lowest BCUT2D eigenvalue weighted by Gasteiger charge is -2.09. The first-order chi connectivity index (χ1) is 12.7. The van der Waals surface area contributed by atoms with E-state index in [-0.39, 0.29) is 18.1 Å². The Balaban J connectivity index is 1.37. The predicted octanol–water partition coefficient (Wildman–Crippen LogP) is 3.16. The van der Waals surface area contributed by atoms with Gasteiger partial charge in [-0.15, -0.1) is 0 Å². The molecule has 0 aliphatic heterocycles. The van der Waals surface area contributed by atoms with Crippen molar-refractivity contribution >= 4 is 11.8 Å². The minimum Gasteiger partial charge on any atom is -0.355 e. The fourth-order valence-electron chi connectivity index (χ4n) is 3.35. The highest BCUT2D eigenvalue weighted by molar-refractivity contribution is 5.95. The fraction of sp³-hybridized carbons (Fsp3) is 0.450. The van der Waals surface area contributed by atoms with E-state index in [1.54, 1.807) is 6.07 Å². The summed E-state index contributed by atoms with van der Waals surface area (Å²) in [6.45, 7) is 0.600. The van der Waals surface area contributed by atoms with Crippen molar-refractivity contribution in [3.05, 3.63) is 42.1 Å². The van der Waals surface area contributed by atoms with Gasteiger partial charge in [-0.05, 0) is 18.8 Å². The number of benzene rings is 1. The Morgan fingerprint density at radius 1 is 1.12 bits per heavy atom. The molecule has 6 nitrogen and oxygen atoms in total. The molecule has 1 aromatic heterocycles. The maximum atomic E-state index is 12.1. The van der Waals surface area contributed by atoms with Crippen LogP contribution in [0.4, 0.5) is 0 Å². The van der Waals surface area contributed by atoms with Crippen LogP contribution in [0.5, 0.6) is 0 Å². The maximum Gasteiger partial charge on any atom is 0.273 e. The lowest BCUT2D eigenvalue weighted by atomic mass is 10.0. The first-order valence-electron chi connectivity index (χ1n) is 9.29. The zero-order chi connectivity index (χ0) is 18.2. The van der Waals surface area contributed by atoms with Gasteiger partial charge >= 0.3 is 0 Å². The molecule has 0 atom stereocenters. The van der Waals surface area contributed by atoms with Gasteiger partial charge in [0.15, 0.2) is 11.5 Å². The van der Waals surface area contributed by atoms with E-state index >= 15 is 0 Å². The van der Waals surface area contributed by atoms with Crippen molar-refractivity contribution in [1.29, 1.82) is 0 Å². The molecule has 1 aromatic carbocycles. The Morgan fingerprint density at radius 3 is 2.65 bits per heavy atom. The third-order valence-corrected chi connectivity index (χ3v) is 4.80. The fourth-order valence-corrected chi connectivity index (χ4v) is 3.35. The minimum absolute atomic E-state index is 0.0597. The van der Waals surface area contributed by atoms with Gasteiger partial charge in [-0.2, -0.15) is 0 Å². The van der Waals surface area contributed by atoms with Gasteiger partial charge in [0.1, 0.15) is 0 Å². The van der Waals surface area contributed by atoms with E-state index in [0.717, 1.165) is 17.9 Å². The molecule has 1 heterocycles. The van der Waals surface area contributed by atoms with Crippen molar-refractivity contribution in [1.82, 2.24) is 15.8 Å². The van der Waals surface area contributed by atoms with Crippen LogP contribution in [0.2, 0.25) is 0 Å². The van der Waals surface area contributed by atoms with Crippen LogP contribution in [-0.4, -0.2) is 30.1 Å². The average Bonchev–Trinajstić information content (AvgIpc) is 3.36. The van der Waals surface area contributed by atoms with Gasteiger partial charge in [-0.1, -0.05) is 61.2 Å². The monoisotopic (exact) mass is 355 g/mol. The van der Waals surface area contributed by atoms with E-state index < -0.39 is 5.91 Å². The van der Waals surface area contributed by atoms with Crippen LogP contribution in [0.1, 0.15) is 49.0 Å². The Kier molecular flexibility index (Phi) is 6.41. The molecule has 2 aromatic rings. The zero-order valence-electron chi connectivity index (χ0n) is 14.9. The van der Waals surface area contributed by atoms with Crippen LogP contribution in [0.3, 0.4) is 0 Å². The summed E-state index contributed by atoms with van der Waals surface area (Å²) in [5.41, 5.74) is 1.01. The third kappa shape index (κ3) is 5.18. The van der Waals surface area contributed by atoms with Gasteiger partial charge in [0, 0.05) is 18.2 Å². The van der Waals surface area contributed by atoms with E-state index in [9.17, 15) is 9.59 Å². The van der Waals surface area contributed by atoms with Crippen molar-refractivity contribution in [2.75, 3.05) is 13.1 Å². The maximum absolute atomic E-state index is 12.1. The summed E-state index contributed by atoms with van der Waals surface area (Å²) in [7, 11) is 0. The molecule has 3 rings (SSSR count). The van der Waals surface area contributed by atoms with Gasteiger partial charge in [0.25, 0.3) is 5.91 Å². The van der Waals surface area contributed by atoms with Crippen molar-refractivity contribution in [2.45, 2.75) is 38.5 Å². The van der Waals surface area contributed by atoms with Crippen molar-refractivity contribution < 1.29 is 14.1 Å². The van der Waals surface area contributed by atoms with Crippen LogP contribution in [-0.2, 0) is 4.79 Å². The summed E-state index contributed by atoms with van der Waals surface area (Å²) in [4.78, 5) is 23.9. The zero-order valence-corrected chi connectivity index (χ0v) is 14.9. The van der Waals surface area contributed by atoms with Crippen LogP contribution < -0.4 is 10.6 Å². The average molecular weight is 355 g/mol. The lowest BCUT2D eigenvalue weighted by molar-refractivity contribution is -0.120. The molecule has 2 amide bonds. The van der Waals surface area contributed by atoms with Crippen molar-refractivity contribution in [2.24, 2.45) is 5.92 Å². The molecule has 0 spiro atoms. The minimum atomic E-state index is -0.419. The number of aromatic nitrogens is 1. The molecule has 2 N–H and O–H groups in total.